The van der Waals surface area contributed by atoms with Crippen LogP contribution in [0.2, 0.25) is 0 Å². The van der Waals surface area contributed by atoms with Crippen molar-refractivity contribution in [1.29, 1.82) is 0 Å². The van der Waals surface area contributed by atoms with Crippen molar-refractivity contribution < 1.29 is 9.59 Å². The van der Waals surface area contributed by atoms with Crippen LogP contribution in [-0.2, 0) is 22.6 Å². The average Bonchev–Trinajstić information content (AvgIpc) is 2.77. The number of carbonyl (C=O) groups is 2. The van der Waals surface area contributed by atoms with Gasteiger partial charge in [-0.3, -0.25) is 9.59 Å². The molecule has 0 aliphatic carbocycles. The van der Waals surface area contributed by atoms with Crippen LogP contribution < -0.4 is 5.32 Å². The summed E-state index contributed by atoms with van der Waals surface area (Å²) in [6, 6.07) is 17.7. The van der Waals surface area contributed by atoms with Crippen LogP contribution in [-0.4, -0.2) is 29.8 Å². The number of nitrogens with one attached hydrogen (secondary N) is 1. The Labute approximate surface area is 183 Å². The first-order chi connectivity index (χ1) is 14.6. The van der Waals surface area contributed by atoms with Crippen LogP contribution in [0.15, 0.2) is 54.6 Å². The van der Waals surface area contributed by atoms with Gasteiger partial charge in [0.05, 0.1) is 13.0 Å². The van der Waals surface area contributed by atoms with E-state index in [0.29, 0.717) is 19.5 Å². The van der Waals surface area contributed by atoms with Gasteiger partial charge in [0.15, 0.2) is 0 Å². The SMILES string of the molecule is CC.CC.CCCCNC(=O)CN(Cc1cccc(C)c1)C(=O)Cc1ccccc1. The molecule has 0 bridgehead atoms. The molecule has 4 nitrogen and oxygen atoms in total. The third-order valence-corrected chi connectivity index (χ3v) is 4.19. The van der Waals surface area contributed by atoms with E-state index in [1.54, 1.807) is 4.90 Å². The van der Waals surface area contributed by atoms with Crippen molar-refractivity contribution >= 4 is 11.8 Å². The lowest BCUT2D eigenvalue weighted by Gasteiger charge is -2.23. The standard InChI is InChI=1S/C22H28N2O2.2C2H6/c1-3-4-13-23-21(25)17-24(16-20-12-8-9-18(2)14-20)22(26)15-19-10-6-5-7-11-19;2*1-2/h5-12,14H,3-4,13,15-17H2,1-2H3,(H,23,25);2*1-2H3. The molecule has 2 aromatic rings. The van der Waals surface area contributed by atoms with E-state index < -0.39 is 0 Å². The minimum absolute atomic E-state index is 0.0386. The van der Waals surface area contributed by atoms with Crippen molar-refractivity contribution in [3.05, 3.63) is 71.3 Å². The van der Waals surface area contributed by atoms with Gasteiger partial charge in [-0.2, -0.15) is 0 Å². The number of carbonyl (C=O) groups excluding carboxylic acids is 2. The van der Waals surface area contributed by atoms with Crippen LogP contribution in [0, 0.1) is 6.92 Å². The highest BCUT2D eigenvalue weighted by Gasteiger charge is 2.18. The molecule has 166 valence electrons. The normalized spacial score (nSPS) is 9.40. The number of hydrogen-bond acceptors (Lipinski definition) is 2. The van der Waals surface area contributed by atoms with Crippen molar-refractivity contribution in [2.45, 2.75) is 67.3 Å². The molecule has 0 atom stereocenters. The zero-order valence-electron chi connectivity index (χ0n) is 19.7. The second-order valence-electron chi connectivity index (χ2n) is 6.60. The smallest absolute Gasteiger partial charge is 0.239 e. The summed E-state index contributed by atoms with van der Waals surface area (Å²) >= 11 is 0. The Morgan fingerprint density at radius 1 is 0.900 bits per heavy atom. The van der Waals surface area contributed by atoms with Gasteiger partial charge in [-0.15, -0.1) is 0 Å². The number of aryl methyl sites for hydroxylation is 1. The van der Waals surface area contributed by atoms with E-state index in [-0.39, 0.29) is 18.4 Å². The first-order valence-corrected chi connectivity index (χ1v) is 11.2. The lowest BCUT2D eigenvalue weighted by molar-refractivity contribution is -0.136. The van der Waals surface area contributed by atoms with Gasteiger partial charge in [0.2, 0.25) is 11.8 Å². The zero-order chi connectivity index (χ0) is 22.8. The summed E-state index contributed by atoms with van der Waals surface area (Å²) in [6.45, 7) is 13.3. The summed E-state index contributed by atoms with van der Waals surface area (Å²) in [4.78, 5) is 26.7. The largest absolute Gasteiger partial charge is 0.355 e. The topological polar surface area (TPSA) is 49.4 Å². The van der Waals surface area contributed by atoms with E-state index in [1.807, 2.05) is 83.1 Å². The Morgan fingerprint density at radius 2 is 1.53 bits per heavy atom. The van der Waals surface area contributed by atoms with Crippen LogP contribution in [0.1, 0.15) is 64.2 Å². The highest BCUT2D eigenvalue weighted by Crippen LogP contribution is 2.10. The molecule has 0 spiro atoms. The molecule has 30 heavy (non-hydrogen) atoms. The van der Waals surface area contributed by atoms with Gasteiger partial charge < -0.3 is 10.2 Å². The molecule has 0 saturated heterocycles. The number of hydrogen-bond donors (Lipinski definition) is 1. The first-order valence-electron chi connectivity index (χ1n) is 11.2. The van der Waals surface area contributed by atoms with Gasteiger partial charge >= 0.3 is 0 Å². The van der Waals surface area contributed by atoms with Gasteiger partial charge in [-0.05, 0) is 24.5 Å². The van der Waals surface area contributed by atoms with Gasteiger partial charge in [-0.25, -0.2) is 0 Å². The highest BCUT2D eigenvalue weighted by atomic mass is 16.2. The van der Waals surface area contributed by atoms with Gasteiger partial charge in [-0.1, -0.05) is 101 Å². The summed E-state index contributed by atoms with van der Waals surface area (Å²) in [5.41, 5.74) is 3.14. The first kappa shape index (κ1) is 27.4. The number of rotatable bonds is 9. The molecule has 2 rings (SSSR count). The van der Waals surface area contributed by atoms with Crippen LogP contribution in [0.25, 0.3) is 0 Å². The van der Waals surface area contributed by atoms with Crippen molar-refractivity contribution in [1.82, 2.24) is 10.2 Å². The molecule has 1 N–H and O–H groups in total. The van der Waals surface area contributed by atoms with Crippen LogP contribution in [0.4, 0.5) is 0 Å². The molecule has 0 aliphatic heterocycles. The van der Waals surface area contributed by atoms with Crippen LogP contribution in [0.3, 0.4) is 0 Å². The van der Waals surface area contributed by atoms with E-state index >= 15 is 0 Å². The molecule has 0 saturated carbocycles. The molecule has 0 radical (unpaired) electrons. The summed E-state index contributed by atoms with van der Waals surface area (Å²) in [6.07, 6.45) is 2.27. The maximum absolute atomic E-state index is 12.8. The molecule has 4 heteroatoms. The number of unbranched alkanes of at least 4 members (excludes halogenated alkanes) is 1. The van der Waals surface area contributed by atoms with Crippen molar-refractivity contribution in [2.75, 3.05) is 13.1 Å². The fraction of sp³-hybridized carbons (Fsp3) is 0.462. The van der Waals surface area contributed by atoms with Crippen LogP contribution >= 0.6 is 0 Å². The van der Waals surface area contributed by atoms with E-state index in [2.05, 4.69) is 18.3 Å². The Morgan fingerprint density at radius 3 is 2.13 bits per heavy atom. The Hall–Kier alpha value is -2.62. The number of benzene rings is 2. The van der Waals surface area contributed by atoms with Gasteiger partial charge in [0.25, 0.3) is 0 Å². The Bertz CT molecular complexity index is 714. The molecule has 2 amide bonds. The maximum Gasteiger partial charge on any atom is 0.239 e. The monoisotopic (exact) mass is 412 g/mol. The zero-order valence-corrected chi connectivity index (χ0v) is 19.7. The fourth-order valence-corrected chi connectivity index (χ4v) is 2.78. The van der Waals surface area contributed by atoms with Crippen molar-refractivity contribution in [3.63, 3.8) is 0 Å². The average molecular weight is 413 g/mol. The predicted octanol–water partition coefficient (Wildman–Crippen LogP) is 5.54. The van der Waals surface area contributed by atoms with Crippen molar-refractivity contribution in [2.24, 2.45) is 0 Å². The Kier molecular flexibility index (Phi) is 15.7. The Balaban J connectivity index is 0.00000198. The maximum atomic E-state index is 12.8. The molecular formula is C26H40N2O2. The fourth-order valence-electron chi connectivity index (χ4n) is 2.78. The summed E-state index contributed by atoms with van der Waals surface area (Å²) in [5, 5.41) is 2.90. The molecule has 2 aromatic carbocycles. The highest BCUT2D eigenvalue weighted by molar-refractivity contribution is 5.85. The molecule has 0 fully saturated rings. The van der Waals surface area contributed by atoms with Crippen molar-refractivity contribution in [3.8, 4) is 0 Å². The van der Waals surface area contributed by atoms with E-state index in [4.69, 9.17) is 0 Å². The van der Waals surface area contributed by atoms with Gasteiger partial charge in [0.1, 0.15) is 0 Å². The molecule has 0 heterocycles. The van der Waals surface area contributed by atoms with Crippen LogP contribution in [0.5, 0.6) is 0 Å². The number of nitrogens with zero attached hydrogens (tertiary/aromatic N) is 1. The molecule has 0 unspecified atom stereocenters. The second kappa shape index (κ2) is 17.3. The second-order valence-corrected chi connectivity index (χ2v) is 6.60. The van der Waals surface area contributed by atoms with E-state index in [0.717, 1.165) is 29.5 Å². The third-order valence-electron chi connectivity index (χ3n) is 4.19. The molecule has 0 aromatic heterocycles. The van der Waals surface area contributed by atoms with E-state index in [9.17, 15) is 9.59 Å². The number of amides is 2. The lowest BCUT2D eigenvalue weighted by atomic mass is 10.1. The minimum atomic E-state index is -0.104. The third kappa shape index (κ3) is 11.4. The summed E-state index contributed by atoms with van der Waals surface area (Å²) < 4.78 is 0. The quantitative estimate of drug-likeness (QED) is 0.550. The summed E-state index contributed by atoms with van der Waals surface area (Å²) in [5.74, 6) is -0.143. The molecule has 0 aliphatic rings. The predicted molar refractivity (Wildman–Crippen MR) is 127 cm³/mol. The van der Waals surface area contributed by atoms with Gasteiger partial charge in [0, 0.05) is 13.1 Å². The lowest BCUT2D eigenvalue weighted by Crippen LogP contribution is -2.41. The minimum Gasteiger partial charge on any atom is -0.355 e. The summed E-state index contributed by atoms with van der Waals surface area (Å²) in [7, 11) is 0. The molecular weight excluding hydrogens is 372 g/mol. The van der Waals surface area contributed by atoms with E-state index in [1.165, 1.54) is 0 Å².